The monoisotopic (exact) mass is 285 g/mol. The van der Waals surface area contributed by atoms with Crippen molar-refractivity contribution in [3.05, 3.63) is 35.4 Å². The Morgan fingerprint density at radius 1 is 1.29 bits per heavy atom. The molecule has 1 heterocycles. The van der Waals surface area contributed by atoms with E-state index in [1.54, 1.807) is 0 Å². The van der Waals surface area contributed by atoms with Gasteiger partial charge in [-0.25, -0.2) is 0 Å². The Morgan fingerprint density at radius 2 is 2.10 bits per heavy atom. The molecule has 2 nitrogen and oxygen atoms in total. The van der Waals surface area contributed by atoms with Gasteiger partial charge in [-0.05, 0) is 50.1 Å². The number of carbonyl (C=O) groups excluding carboxylic acids is 1. The molecule has 1 saturated heterocycles. The molecule has 0 spiro atoms. The van der Waals surface area contributed by atoms with Gasteiger partial charge in [-0.1, -0.05) is 44.0 Å². The Balaban J connectivity index is 1.92. The Bertz CT molecular complexity index is 493. The first-order chi connectivity index (χ1) is 10.3. The van der Waals surface area contributed by atoms with Crippen LogP contribution < -0.4 is 5.32 Å². The van der Waals surface area contributed by atoms with Crippen LogP contribution in [0.4, 0.5) is 0 Å². The normalized spacial score (nSPS) is 26.3. The van der Waals surface area contributed by atoms with Gasteiger partial charge in [-0.15, -0.1) is 0 Å². The molecule has 1 N–H and O–H groups in total. The molecule has 1 saturated carbocycles. The summed E-state index contributed by atoms with van der Waals surface area (Å²) in [6.45, 7) is 4.11. The van der Waals surface area contributed by atoms with Gasteiger partial charge in [0.2, 0.25) is 0 Å². The van der Waals surface area contributed by atoms with E-state index in [0.717, 1.165) is 44.3 Å². The van der Waals surface area contributed by atoms with Gasteiger partial charge < -0.3 is 5.32 Å². The topological polar surface area (TPSA) is 29.1 Å². The largest absolute Gasteiger partial charge is 0.316 e. The van der Waals surface area contributed by atoms with Crippen molar-refractivity contribution in [2.45, 2.75) is 57.8 Å². The molecule has 3 rings (SSSR count). The van der Waals surface area contributed by atoms with Gasteiger partial charge in [0.05, 0.1) is 0 Å². The summed E-state index contributed by atoms with van der Waals surface area (Å²) >= 11 is 0. The van der Waals surface area contributed by atoms with E-state index in [2.05, 4.69) is 30.4 Å². The van der Waals surface area contributed by atoms with Gasteiger partial charge in [0.25, 0.3) is 0 Å². The van der Waals surface area contributed by atoms with Crippen LogP contribution in [0.25, 0.3) is 0 Å². The second-order valence-corrected chi connectivity index (χ2v) is 6.85. The van der Waals surface area contributed by atoms with E-state index < -0.39 is 0 Å². The molecule has 1 aromatic rings. The third kappa shape index (κ3) is 2.78. The van der Waals surface area contributed by atoms with E-state index in [1.165, 1.54) is 24.8 Å². The van der Waals surface area contributed by atoms with Crippen molar-refractivity contribution in [3.63, 3.8) is 0 Å². The van der Waals surface area contributed by atoms with Gasteiger partial charge in [-0.3, -0.25) is 4.79 Å². The zero-order valence-electron chi connectivity index (χ0n) is 13.2. The summed E-state index contributed by atoms with van der Waals surface area (Å²) < 4.78 is 0. The van der Waals surface area contributed by atoms with Crippen LogP contribution in [-0.2, 0) is 0 Å². The van der Waals surface area contributed by atoms with Crippen LogP contribution in [0.2, 0.25) is 0 Å². The second kappa shape index (κ2) is 6.31. The minimum atomic E-state index is -0.160. The number of nitrogens with one attached hydrogen (secondary N) is 1. The summed E-state index contributed by atoms with van der Waals surface area (Å²) in [4.78, 5) is 13.3. The average Bonchev–Trinajstić information content (AvgIpc) is 2.47. The first-order valence-corrected chi connectivity index (χ1v) is 8.61. The molecule has 2 heteroatoms. The maximum atomic E-state index is 13.3. The molecule has 0 aromatic heterocycles. The van der Waals surface area contributed by atoms with Crippen molar-refractivity contribution in [3.8, 4) is 0 Å². The lowest BCUT2D eigenvalue weighted by atomic mass is 9.69. The second-order valence-electron chi connectivity index (χ2n) is 6.85. The third-order valence-electron chi connectivity index (χ3n) is 5.43. The molecule has 2 aliphatic rings. The number of Topliss-reactive ketones (excluding diaryl/α,β-unsaturated/α-hetero) is 1. The number of hydrogen-bond donors (Lipinski definition) is 1. The molecule has 1 aliphatic heterocycles. The molecule has 0 bridgehead atoms. The van der Waals surface area contributed by atoms with Crippen LogP contribution in [0.3, 0.4) is 0 Å². The van der Waals surface area contributed by atoms with Crippen molar-refractivity contribution in [2.75, 3.05) is 13.1 Å². The van der Waals surface area contributed by atoms with Crippen molar-refractivity contribution in [1.29, 1.82) is 0 Å². The summed E-state index contributed by atoms with van der Waals surface area (Å²) in [5.74, 6) is 1.03. The number of rotatable bonds is 5. The van der Waals surface area contributed by atoms with Crippen LogP contribution in [0, 0.1) is 5.41 Å². The SMILES string of the molecule is CCCC1(C(=O)c2ccccc2C2CCC2)CCCNC1. The van der Waals surface area contributed by atoms with Gasteiger partial charge in [0.1, 0.15) is 0 Å². The van der Waals surface area contributed by atoms with Crippen molar-refractivity contribution < 1.29 is 4.79 Å². The number of benzene rings is 1. The zero-order chi connectivity index (χ0) is 14.7. The van der Waals surface area contributed by atoms with Crippen LogP contribution in [-0.4, -0.2) is 18.9 Å². The lowest BCUT2D eigenvalue weighted by Gasteiger charge is -2.38. The smallest absolute Gasteiger partial charge is 0.170 e. The fraction of sp³-hybridized carbons (Fsp3) is 0.632. The van der Waals surface area contributed by atoms with Crippen molar-refractivity contribution in [1.82, 2.24) is 5.32 Å². The molecule has 2 fully saturated rings. The standard InChI is InChI=1S/C19H27NO/c1-2-11-19(12-6-13-20-14-19)18(21)17-10-4-3-9-16(17)15-7-5-8-15/h3-4,9-10,15,20H,2,5-8,11-14H2,1H3. The highest BCUT2D eigenvalue weighted by Gasteiger charge is 2.40. The van der Waals surface area contributed by atoms with Crippen molar-refractivity contribution >= 4 is 5.78 Å². The quantitative estimate of drug-likeness (QED) is 0.817. The van der Waals surface area contributed by atoms with Crippen LogP contribution in [0.5, 0.6) is 0 Å². The Hall–Kier alpha value is -1.15. The van der Waals surface area contributed by atoms with E-state index in [1.807, 2.05) is 6.07 Å². The fourth-order valence-corrected chi connectivity index (χ4v) is 4.03. The predicted molar refractivity (Wildman–Crippen MR) is 86.8 cm³/mol. The number of hydrogen-bond acceptors (Lipinski definition) is 2. The molecule has 21 heavy (non-hydrogen) atoms. The number of ketones is 1. The average molecular weight is 285 g/mol. The van der Waals surface area contributed by atoms with E-state index in [9.17, 15) is 4.79 Å². The Labute approximate surface area is 128 Å². The molecule has 1 atom stereocenters. The number of carbonyl (C=O) groups is 1. The van der Waals surface area contributed by atoms with E-state index in [0.29, 0.717) is 11.7 Å². The molecule has 0 amide bonds. The summed E-state index contributed by atoms with van der Waals surface area (Å²) in [5, 5.41) is 3.47. The van der Waals surface area contributed by atoms with Gasteiger partial charge in [-0.2, -0.15) is 0 Å². The van der Waals surface area contributed by atoms with Crippen LogP contribution in [0.15, 0.2) is 24.3 Å². The zero-order valence-corrected chi connectivity index (χ0v) is 13.2. The molecule has 0 radical (unpaired) electrons. The van der Waals surface area contributed by atoms with Gasteiger partial charge in [0, 0.05) is 17.5 Å². The highest BCUT2D eigenvalue weighted by Crippen LogP contribution is 2.41. The van der Waals surface area contributed by atoms with Crippen LogP contribution in [0.1, 0.15) is 73.7 Å². The highest BCUT2D eigenvalue weighted by atomic mass is 16.1. The molecular weight excluding hydrogens is 258 g/mol. The summed E-state index contributed by atoms with van der Waals surface area (Å²) in [6, 6.07) is 8.39. The fourth-order valence-electron chi connectivity index (χ4n) is 4.03. The van der Waals surface area contributed by atoms with E-state index >= 15 is 0 Å². The lowest BCUT2D eigenvalue weighted by Crippen LogP contribution is -2.45. The summed E-state index contributed by atoms with van der Waals surface area (Å²) in [5.41, 5.74) is 2.17. The maximum Gasteiger partial charge on any atom is 0.170 e. The maximum absolute atomic E-state index is 13.3. The highest BCUT2D eigenvalue weighted by molar-refractivity contribution is 6.02. The predicted octanol–water partition coefficient (Wildman–Crippen LogP) is 4.31. The lowest BCUT2D eigenvalue weighted by molar-refractivity contribution is 0.0715. The van der Waals surface area contributed by atoms with Crippen LogP contribution >= 0.6 is 0 Å². The summed E-state index contributed by atoms with van der Waals surface area (Å²) in [6.07, 6.45) is 8.08. The van der Waals surface area contributed by atoms with E-state index in [4.69, 9.17) is 0 Å². The van der Waals surface area contributed by atoms with Gasteiger partial charge in [0.15, 0.2) is 5.78 Å². The van der Waals surface area contributed by atoms with Crippen molar-refractivity contribution in [2.24, 2.45) is 5.41 Å². The first kappa shape index (κ1) is 14.8. The number of piperidine rings is 1. The third-order valence-corrected chi connectivity index (χ3v) is 5.43. The van der Waals surface area contributed by atoms with Gasteiger partial charge >= 0.3 is 0 Å². The summed E-state index contributed by atoms with van der Waals surface area (Å²) in [7, 11) is 0. The molecular formula is C19H27NO. The minimum absolute atomic E-state index is 0.160. The Morgan fingerprint density at radius 3 is 2.71 bits per heavy atom. The van der Waals surface area contributed by atoms with E-state index in [-0.39, 0.29) is 5.41 Å². The molecule has 1 aromatic carbocycles. The minimum Gasteiger partial charge on any atom is -0.316 e. The molecule has 1 aliphatic carbocycles. The molecule has 114 valence electrons. The Kier molecular flexibility index (Phi) is 4.44. The first-order valence-electron chi connectivity index (χ1n) is 8.61. The molecule has 1 unspecified atom stereocenters.